The van der Waals surface area contributed by atoms with E-state index in [0.717, 1.165) is 28.6 Å². The highest BCUT2D eigenvalue weighted by Crippen LogP contribution is 2.42. The van der Waals surface area contributed by atoms with Crippen molar-refractivity contribution in [1.29, 1.82) is 0 Å². The molecule has 3 aromatic carbocycles. The highest BCUT2D eigenvalue weighted by molar-refractivity contribution is 5.86. The maximum Gasteiger partial charge on any atom is 0.416 e. The number of fused-ring (bicyclic) bond motifs is 5. The van der Waals surface area contributed by atoms with Gasteiger partial charge in [-0.2, -0.15) is 13.2 Å². The molecule has 0 fully saturated rings. The van der Waals surface area contributed by atoms with E-state index >= 15 is 0 Å². The molecule has 1 atom stereocenters. The Hall–Kier alpha value is -4.00. The molecule has 156 valence electrons. The lowest BCUT2D eigenvalue weighted by Crippen LogP contribution is -2.25. The lowest BCUT2D eigenvalue weighted by atomic mass is 9.97. The van der Waals surface area contributed by atoms with Gasteiger partial charge in [0.05, 0.1) is 28.0 Å². The highest BCUT2D eigenvalue weighted by Gasteiger charge is 2.35. The molecule has 0 aliphatic carbocycles. The van der Waals surface area contributed by atoms with E-state index in [1.54, 1.807) is 22.8 Å². The average Bonchev–Trinajstić information content (AvgIpc) is 3.11. The van der Waals surface area contributed by atoms with Crippen LogP contribution in [0.3, 0.4) is 0 Å². The highest BCUT2D eigenvalue weighted by atomic mass is 19.4. The number of para-hydroxylation sites is 2. The van der Waals surface area contributed by atoms with Crippen molar-refractivity contribution in [2.75, 3.05) is 0 Å². The minimum Gasteiger partial charge on any atom is -0.279 e. The number of halogens is 3. The van der Waals surface area contributed by atoms with Crippen LogP contribution in [0.4, 0.5) is 13.2 Å². The topological polar surface area (TPSA) is 47.8 Å². The van der Waals surface area contributed by atoms with Gasteiger partial charge in [0.2, 0.25) is 0 Å². The van der Waals surface area contributed by atoms with Gasteiger partial charge in [0.15, 0.2) is 5.82 Å². The molecule has 1 unspecified atom stereocenters. The van der Waals surface area contributed by atoms with E-state index in [0.29, 0.717) is 28.0 Å². The second-order valence-corrected chi connectivity index (χ2v) is 7.77. The smallest absolute Gasteiger partial charge is 0.279 e. The molecule has 0 radical (unpaired) electrons. The molecule has 32 heavy (non-hydrogen) atoms. The van der Waals surface area contributed by atoms with Crippen LogP contribution < -0.4 is 5.56 Å². The lowest BCUT2D eigenvalue weighted by molar-refractivity contribution is -0.137. The Labute approximate surface area is 179 Å². The molecule has 2 aromatic heterocycles. The van der Waals surface area contributed by atoms with Gasteiger partial charge < -0.3 is 0 Å². The van der Waals surface area contributed by atoms with Crippen LogP contribution in [0.15, 0.2) is 83.7 Å². The van der Waals surface area contributed by atoms with E-state index in [-0.39, 0.29) is 5.56 Å². The van der Waals surface area contributed by atoms with Crippen molar-refractivity contribution >= 4 is 21.8 Å². The molecule has 6 rings (SSSR count). The molecule has 7 heteroatoms. The molecule has 0 saturated carbocycles. The number of hydrogen-bond donors (Lipinski definition) is 0. The van der Waals surface area contributed by atoms with Gasteiger partial charge in [-0.15, -0.1) is 0 Å². The van der Waals surface area contributed by atoms with Gasteiger partial charge in [-0.3, -0.25) is 9.36 Å². The van der Waals surface area contributed by atoms with Crippen LogP contribution in [0.1, 0.15) is 22.7 Å². The summed E-state index contributed by atoms with van der Waals surface area (Å²) in [6, 6.07) is 20.9. The standard InChI is InChI=1S/C25H14F3N3O/c26-25(27,28)16-11-9-14(10-12-16)22-18-13-15-5-1-3-7-19(15)29-21(18)23-30-20-8-4-2-6-17(20)24(32)31(22)23/h1-13,22H. The van der Waals surface area contributed by atoms with Crippen LogP contribution in [0.2, 0.25) is 0 Å². The van der Waals surface area contributed by atoms with E-state index in [2.05, 4.69) is 0 Å². The number of benzene rings is 3. The van der Waals surface area contributed by atoms with Crippen molar-refractivity contribution in [2.45, 2.75) is 12.2 Å². The first-order valence-electron chi connectivity index (χ1n) is 10.0. The van der Waals surface area contributed by atoms with Crippen LogP contribution in [-0.2, 0) is 6.18 Å². The van der Waals surface area contributed by atoms with Crippen LogP contribution in [-0.4, -0.2) is 14.5 Å². The fraction of sp³-hybridized carbons (Fsp3) is 0.0800. The summed E-state index contributed by atoms with van der Waals surface area (Å²) >= 11 is 0. The summed E-state index contributed by atoms with van der Waals surface area (Å²) in [7, 11) is 0. The Morgan fingerprint density at radius 3 is 2.25 bits per heavy atom. The predicted molar refractivity (Wildman–Crippen MR) is 115 cm³/mol. The first-order valence-corrected chi connectivity index (χ1v) is 10.0. The zero-order chi connectivity index (χ0) is 22.0. The summed E-state index contributed by atoms with van der Waals surface area (Å²) in [6.07, 6.45) is -4.43. The summed E-state index contributed by atoms with van der Waals surface area (Å²) in [6.45, 7) is 0. The number of nitrogens with zero attached hydrogens (tertiary/aromatic N) is 3. The zero-order valence-electron chi connectivity index (χ0n) is 16.5. The molecule has 1 aliphatic rings. The Morgan fingerprint density at radius 2 is 1.50 bits per heavy atom. The quantitative estimate of drug-likeness (QED) is 0.343. The van der Waals surface area contributed by atoms with Crippen LogP contribution in [0.25, 0.3) is 33.3 Å². The molecule has 0 saturated heterocycles. The Morgan fingerprint density at radius 1 is 0.812 bits per heavy atom. The van der Waals surface area contributed by atoms with Crippen LogP contribution in [0, 0.1) is 0 Å². The Bertz CT molecular complexity index is 1590. The van der Waals surface area contributed by atoms with Crippen molar-refractivity contribution in [3.63, 3.8) is 0 Å². The van der Waals surface area contributed by atoms with Gasteiger partial charge in [0, 0.05) is 10.9 Å². The Balaban J connectivity index is 1.67. The van der Waals surface area contributed by atoms with E-state index in [1.165, 1.54) is 12.1 Å². The number of pyridine rings is 1. The third-order valence-corrected chi connectivity index (χ3v) is 5.88. The largest absolute Gasteiger partial charge is 0.416 e. The normalized spacial score (nSPS) is 15.2. The molecule has 3 heterocycles. The van der Waals surface area contributed by atoms with Crippen LogP contribution in [0.5, 0.6) is 0 Å². The first kappa shape index (κ1) is 18.7. The summed E-state index contributed by atoms with van der Waals surface area (Å²) in [4.78, 5) is 23.0. The van der Waals surface area contributed by atoms with Crippen molar-refractivity contribution in [1.82, 2.24) is 14.5 Å². The number of rotatable bonds is 1. The zero-order valence-corrected chi connectivity index (χ0v) is 16.5. The lowest BCUT2D eigenvalue weighted by Gasteiger charge is -2.17. The second-order valence-electron chi connectivity index (χ2n) is 7.77. The van der Waals surface area contributed by atoms with Crippen molar-refractivity contribution in [2.24, 2.45) is 0 Å². The SMILES string of the molecule is O=c1c2ccccc2nc2n1C(c1ccc(C(F)(F)F)cc1)c1cc3ccccc3nc1-2. The third-order valence-electron chi connectivity index (χ3n) is 5.88. The molecule has 5 aromatic rings. The Kier molecular flexibility index (Phi) is 3.81. The number of alkyl halides is 3. The molecule has 0 spiro atoms. The van der Waals surface area contributed by atoms with E-state index in [4.69, 9.17) is 9.97 Å². The number of hydrogen-bond acceptors (Lipinski definition) is 3. The summed E-state index contributed by atoms with van der Waals surface area (Å²) in [5.74, 6) is 0.416. The molecule has 0 amide bonds. The van der Waals surface area contributed by atoms with Gasteiger partial charge in [0.1, 0.15) is 5.69 Å². The molecule has 0 N–H and O–H groups in total. The van der Waals surface area contributed by atoms with Crippen molar-refractivity contribution < 1.29 is 13.2 Å². The minimum absolute atomic E-state index is 0.252. The molecular weight excluding hydrogens is 415 g/mol. The maximum atomic E-state index is 13.5. The average molecular weight is 429 g/mol. The van der Waals surface area contributed by atoms with Gasteiger partial charge >= 0.3 is 6.18 Å². The fourth-order valence-corrected chi connectivity index (χ4v) is 4.39. The number of aromatic nitrogens is 3. The van der Waals surface area contributed by atoms with Gasteiger partial charge in [-0.1, -0.05) is 42.5 Å². The van der Waals surface area contributed by atoms with Crippen molar-refractivity contribution in [3.05, 3.63) is 106 Å². The maximum absolute atomic E-state index is 13.5. The summed E-state index contributed by atoms with van der Waals surface area (Å²) in [5.41, 5.74) is 2.19. The summed E-state index contributed by atoms with van der Waals surface area (Å²) < 4.78 is 40.9. The van der Waals surface area contributed by atoms with E-state index in [9.17, 15) is 18.0 Å². The summed E-state index contributed by atoms with van der Waals surface area (Å²) in [5, 5.41) is 1.33. The third kappa shape index (κ3) is 2.67. The fourth-order valence-electron chi connectivity index (χ4n) is 4.39. The molecular formula is C25H14F3N3O. The monoisotopic (exact) mass is 429 g/mol. The minimum atomic E-state index is -4.43. The first-order chi connectivity index (χ1) is 15.4. The molecule has 0 bridgehead atoms. The van der Waals surface area contributed by atoms with Gasteiger partial charge in [-0.25, -0.2) is 9.97 Å². The molecule has 1 aliphatic heterocycles. The van der Waals surface area contributed by atoms with E-state index in [1.807, 2.05) is 36.4 Å². The van der Waals surface area contributed by atoms with Crippen LogP contribution >= 0.6 is 0 Å². The molecule has 4 nitrogen and oxygen atoms in total. The predicted octanol–water partition coefficient (Wildman–Crippen LogP) is 5.58. The van der Waals surface area contributed by atoms with Gasteiger partial charge in [-0.05, 0) is 42.0 Å². The van der Waals surface area contributed by atoms with Crippen molar-refractivity contribution in [3.8, 4) is 11.5 Å². The second kappa shape index (κ2) is 6.50. The van der Waals surface area contributed by atoms with Gasteiger partial charge in [0.25, 0.3) is 5.56 Å². The van der Waals surface area contributed by atoms with E-state index < -0.39 is 17.8 Å².